The van der Waals surface area contributed by atoms with Gasteiger partial charge in [0.15, 0.2) is 0 Å². The molecule has 2 rings (SSSR count). The van der Waals surface area contributed by atoms with Crippen LogP contribution < -0.4 is 0 Å². The van der Waals surface area contributed by atoms with Gasteiger partial charge in [-0.1, -0.05) is 89.5 Å². The number of fused-ring (bicyclic) bond motifs is 1. The molecular weight excluding hydrogens is 312 g/mol. The maximum absolute atomic E-state index is 12.3. The molecule has 1 aliphatic carbocycles. The standard InChI is InChI=1S/C22H30O3/c1-3-4-5-6-7-8-9-12-16(2)15-19-20(23)17-13-10-11-14-18(17)21(24)22(19)25/h10-11,13-14,16,23H,3-9,12,15H2,1-2H3. The first-order chi connectivity index (χ1) is 12.1. The zero-order valence-corrected chi connectivity index (χ0v) is 15.5. The minimum absolute atomic E-state index is 0.00776. The van der Waals surface area contributed by atoms with Gasteiger partial charge in [0, 0.05) is 16.7 Å². The number of Topliss-reactive ketones (excluding diaryl/α,β-unsaturated/α-hetero) is 2. The smallest absolute Gasteiger partial charge is 0.234 e. The molecule has 1 N–H and O–H groups in total. The van der Waals surface area contributed by atoms with E-state index in [0.29, 0.717) is 23.1 Å². The summed E-state index contributed by atoms with van der Waals surface area (Å²) in [6.45, 7) is 4.32. The van der Waals surface area contributed by atoms with Crippen molar-refractivity contribution in [3.63, 3.8) is 0 Å². The number of carbonyl (C=O) groups excluding carboxylic acids is 2. The molecule has 25 heavy (non-hydrogen) atoms. The number of hydrogen-bond acceptors (Lipinski definition) is 3. The fourth-order valence-electron chi connectivity index (χ4n) is 3.51. The normalized spacial score (nSPS) is 15.4. The Bertz CT molecular complexity index is 642. The Balaban J connectivity index is 1.88. The lowest BCUT2D eigenvalue weighted by Crippen LogP contribution is -2.25. The molecule has 0 saturated carbocycles. The molecule has 3 nitrogen and oxygen atoms in total. The molecule has 0 bridgehead atoms. The quantitative estimate of drug-likeness (QED) is 0.426. The zero-order chi connectivity index (χ0) is 18.2. The van der Waals surface area contributed by atoms with Crippen LogP contribution in [0.3, 0.4) is 0 Å². The van der Waals surface area contributed by atoms with Crippen molar-refractivity contribution in [1.29, 1.82) is 0 Å². The first kappa shape index (κ1) is 19.4. The Morgan fingerprint density at radius 3 is 2.16 bits per heavy atom. The number of allylic oxidation sites excluding steroid dienone is 1. The van der Waals surface area contributed by atoms with Crippen molar-refractivity contribution in [3.8, 4) is 0 Å². The zero-order valence-electron chi connectivity index (χ0n) is 15.5. The van der Waals surface area contributed by atoms with Gasteiger partial charge in [-0.2, -0.15) is 0 Å². The van der Waals surface area contributed by atoms with Gasteiger partial charge in [0.2, 0.25) is 11.6 Å². The van der Waals surface area contributed by atoms with E-state index < -0.39 is 11.6 Å². The van der Waals surface area contributed by atoms with E-state index in [1.807, 2.05) is 0 Å². The second-order valence-corrected chi connectivity index (χ2v) is 7.25. The Kier molecular flexibility index (Phi) is 7.42. The monoisotopic (exact) mass is 342 g/mol. The summed E-state index contributed by atoms with van der Waals surface area (Å²) in [5.74, 6) is -0.754. The molecule has 1 atom stereocenters. The molecular formula is C22H30O3. The maximum atomic E-state index is 12.3. The van der Waals surface area contributed by atoms with Crippen molar-refractivity contribution in [2.75, 3.05) is 0 Å². The molecule has 0 spiro atoms. The number of benzene rings is 1. The summed E-state index contributed by atoms with van der Waals surface area (Å²) in [7, 11) is 0. The van der Waals surface area contributed by atoms with Crippen molar-refractivity contribution < 1.29 is 14.7 Å². The topological polar surface area (TPSA) is 54.4 Å². The van der Waals surface area contributed by atoms with Gasteiger partial charge in [0.25, 0.3) is 0 Å². The Labute approximate surface area is 151 Å². The van der Waals surface area contributed by atoms with Gasteiger partial charge in [-0.15, -0.1) is 0 Å². The number of aliphatic hydroxyl groups is 1. The third-order valence-electron chi connectivity index (χ3n) is 5.05. The van der Waals surface area contributed by atoms with Crippen LogP contribution in [0.2, 0.25) is 0 Å². The van der Waals surface area contributed by atoms with Crippen molar-refractivity contribution in [3.05, 3.63) is 41.0 Å². The summed E-state index contributed by atoms with van der Waals surface area (Å²) in [5, 5.41) is 10.5. The summed E-state index contributed by atoms with van der Waals surface area (Å²) >= 11 is 0. The van der Waals surface area contributed by atoms with Crippen LogP contribution in [0.5, 0.6) is 0 Å². The SMILES string of the molecule is CCCCCCCCCC(C)CC1=C(O)c2ccccc2C(=O)C1=O. The lowest BCUT2D eigenvalue weighted by atomic mass is 9.83. The van der Waals surface area contributed by atoms with Gasteiger partial charge in [-0.3, -0.25) is 9.59 Å². The van der Waals surface area contributed by atoms with Crippen LogP contribution in [-0.4, -0.2) is 16.7 Å². The molecule has 1 unspecified atom stereocenters. The molecule has 0 aromatic heterocycles. The van der Waals surface area contributed by atoms with E-state index in [1.54, 1.807) is 24.3 Å². The van der Waals surface area contributed by atoms with Crippen LogP contribution in [-0.2, 0) is 4.79 Å². The first-order valence-corrected chi connectivity index (χ1v) is 9.66. The highest BCUT2D eigenvalue weighted by molar-refractivity contribution is 6.52. The second-order valence-electron chi connectivity index (χ2n) is 7.25. The summed E-state index contributed by atoms with van der Waals surface area (Å²) in [5.41, 5.74) is 1.10. The fraction of sp³-hybridized carbons (Fsp3) is 0.545. The number of rotatable bonds is 10. The van der Waals surface area contributed by atoms with Crippen molar-refractivity contribution in [2.45, 2.75) is 71.6 Å². The molecule has 1 aromatic carbocycles. The number of ketones is 2. The van der Waals surface area contributed by atoms with Gasteiger partial charge in [0.05, 0.1) is 0 Å². The van der Waals surface area contributed by atoms with E-state index >= 15 is 0 Å². The summed E-state index contributed by atoms with van der Waals surface area (Å²) < 4.78 is 0. The highest BCUT2D eigenvalue weighted by atomic mass is 16.3. The van der Waals surface area contributed by atoms with E-state index in [2.05, 4.69) is 13.8 Å². The largest absolute Gasteiger partial charge is 0.507 e. The summed E-state index contributed by atoms with van der Waals surface area (Å²) in [4.78, 5) is 24.6. The van der Waals surface area contributed by atoms with Crippen LogP contribution in [0, 0.1) is 5.92 Å². The molecule has 0 saturated heterocycles. The molecule has 0 fully saturated rings. The van der Waals surface area contributed by atoms with Gasteiger partial charge in [-0.05, 0) is 12.3 Å². The Hall–Kier alpha value is -1.90. The number of aliphatic hydroxyl groups excluding tert-OH is 1. The minimum atomic E-state index is -0.539. The third-order valence-corrected chi connectivity index (χ3v) is 5.05. The average Bonchev–Trinajstić information content (AvgIpc) is 2.62. The summed E-state index contributed by atoms with van der Waals surface area (Å²) in [6, 6.07) is 6.80. The lowest BCUT2D eigenvalue weighted by molar-refractivity contribution is -0.112. The van der Waals surface area contributed by atoms with Crippen molar-refractivity contribution in [1.82, 2.24) is 0 Å². The van der Waals surface area contributed by atoms with E-state index in [4.69, 9.17) is 0 Å². The third kappa shape index (κ3) is 5.04. The van der Waals surface area contributed by atoms with Gasteiger partial charge >= 0.3 is 0 Å². The fourth-order valence-corrected chi connectivity index (χ4v) is 3.51. The first-order valence-electron chi connectivity index (χ1n) is 9.66. The second kappa shape index (κ2) is 9.55. The molecule has 136 valence electrons. The molecule has 0 radical (unpaired) electrons. The van der Waals surface area contributed by atoms with E-state index in [9.17, 15) is 14.7 Å². The molecule has 0 amide bonds. The highest BCUT2D eigenvalue weighted by Gasteiger charge is 2.32. The van der Waals surface area contributed by atoms with E-state index in [0.717, 1.165) is 12.8 Å². The summed E-state index contributed by atoms with van der Waals surface area (Å²) in [6.07, 6.45) is 10.3. The van der Waals surface area contributed by atoms with Gasteiger partial charge < -0.3 is 5.11 Å². The number of carbonyl (C=O) groups is 2. The highest BCUT2D eigenvalue weighted by Crippen LogP contribution is 2.32. The molecule has 1 aliphatic rings. The molecule has 1 aromatic rings. The van der Waals surface area contributed by atoms with Crippen molar-refractivity contribution in [2.24, 2.45) is 5.92 Å². The van der Waals surface area contributed by atoms with Gasteiger partial charge in [-0.25, -0.2) is 0 Å². The van der Waals surface area contributed by atoms with E-state index in [1.165, 1.54) is 38.5 Å². The van der Waals surface area contributed by atoms with Crippen LogP contribution in [0.15, 0.2) is 29.8 Å². The molecule has 3 heteroatoms. The van der Waals surface area contributed by atoms with Crippen LogP contribution in [0.4, 0.5) is 0 Å². The predicted molar refractivity (Wildman–Crippen MR) is 102 cm³/mol. The Morgan fingerprint density at radius 2 is 1.48 bits per heavy atom. The van der Waals surface area contributed by atoms with Gasteiger partial charge in [0.1, 0.15) is 5.76 Å². The number of hydrogen-bond donors (Lipinski definition) is 1. The minimum Gasteiger partial charge on any atom is -0.507 e. The predicted octanol–water partition coefficient (Wildman–Crippen LogP) is 5.89. The maximum Gasteiger partial charge on any atom is 0.234 e. The van der Waals surface area contributed by atoms with Crippen LogP contribution in [0.25, 0.3) is 5.76 Å². The Morgan fingerprint density at radius 1 is 0.880 bits per heavy atom. The van der Waals surface area contributed by atoms with E-state index in [-0.39, 0.29) is 11.7 Å². The van der Waals surface area contributed by atoms with Crippen molar-refractivity contribution >= 4 is 17.3 Å². The molecule has 0 heterocycles. The average molecular weight is 342 g/mol. The molecule has 0 aliphatic heterocycles. The van der Waals surface area contributed by atoms with Crippen LogP contribution >= 0.6 is 0 Å². The number of unbranched alkanes of at least 4 members (excludes halogenated alkanes) is 6. The van der Waals surface area contributed by atoms with Crippen LogP contribution in [0.1, 0.15) is 87.6 Å². The lowest BCUT2D eigenvalue weighted by Gasteiger charge is -2.20.